The molecule has 2 aromatic carbocycles. The molecule has 0 unspecified atom stereocenters. The highest BCUT2D eigenvalue weighted by Crippen LogP contribution is 2.43. The Labute approximate surface area is 118 Å². The van der Waals surface area contributed by atoms with Gasteiger partial charge in [-0.15, -0.1) is 0 Å². The minimum Gasteiger partial charge on any atom is -0.508 e. The van der Waals surface area contributed by atoms with Gasteiger partial charge in [0.15, 0.2) is 0 Å². The highest BCUT2D eigenvalue weighted by atomic mass is 35.5. The number of halogens is 4. The van der Waals surface area contributed by atoms with E-state index in [4.69, 9.17) is 46.4 Å². The number of hydrogen-bond acceptors (Lipinski definition) is 1. The normalized spacial score (nSPS) is 10.6. The van der Waals surface area contributed by atoms with Gasteiger partial charge < -0.3 is 5.11 Å². The second-order valence-corrected chi connectivity index (χ2v) is 4.96. The van der Waals surface area contributed by atoms with Gasteiger partial charge in [0.1, 0.15) is 5.75 Å². The van der Waals surface area contributed by atoms with Crippen molar-refractivity contribution in [1.82, 2.24) is 0 Å². The smallest absolute Gasteiger partial charge is 0.115 e. The Morgan fingerprint density at radius 1 is 0.765 bits per heavy atom. The molecule has 1 nitrogen and oxygen atoms in total. The van der Waals surface area contributed by atoms with Crippen LogP contribution in [0.25, 0.3) is 11.1 Å². The first-order valence-corrected chi connectivity index (χ1v) is 6.14. The molecule has 5 heteroatoms. The second kappa shape index (κ2) is 4.95. The molecule has 2 rings (SSSR count). The molecule has 1 N–H and O–H groups in total. The van der Waals surface area contributed by atoms with Crippen molar-refractivity contribution in [2.75, 3.05) is 0 Å². The summed E-state index contributed by atoms with van der Waals surface area (Å²) in [4.78, 5) is 0. The monoisotopic (exact) mass is 306 g/mol. The van der Waals surface area contributed by atoms with Gasteiger partial charge in [-0.1, -0.05) is 58.5 Å². The van der Waals surface area contributed by atoms with Gasteiger partial charge in [-0.2, -0.15) is 0 Å². The Morgan fingerprint density at radius 3 is 1.94 bits per heavy atom. The summed E-state index contributed by atoms with van der Waals surface area (Å²) in [5, 5.41) is 10.5. The van der Waals surface area contributed by atoms with Gasteiger partial charge in [-0.3, -0.25) is 0 Å². The summed E-state index contributed by atoms with van der Waals surface area (Å²) in [7, 11) is 0. The molecule has 0 fully saturated rings. The largest absolute Gasteiger partial charge is 0.508 e. The average Bonchev–Trinajstić information content (AvgIpc) is 2.29. The lowest BCUT2D eigenvalue weighted by molar-refractivity contribution is 0.475. The molecular weight excluding hydrogens is 302 g/mol. The Morgan fingerprint density at radius 2 is 1.35 bits per heavy atom. The molecule has 17 heavy (non-hydrogen) atoms. The van der Waals surface area contributed by atoms with Crippen LogP contribution in [-0.4, -0.2) is 5.11 Å². The van der Waals surface area contributed by atoms with Crippen molar-refractivity contribution in [1.29, 1.82) is 0 Å². The van der Waals surface area contributed by atoms with E-state index in [9.17, 15) is 5.11 Å². The molecule has 0 aromatic heterocycles. The minimum atomic E-state index is 0.168. The first kappa shape index (κ1) is 12.8. The fourth-order valence-corrected chi connectivity index (χ4v) is 2.59. The van der Waals surface area contributed by atoms with Gasteiger partial charge >= 0.3 is 0 Å². The van der Waals surface area contributed by atoms with Gasteiger partial charge in [-0.05, 0) is 23.8 Å². The predicted octanol–water partition coefficient (Wildman–Crippen LogP) is 5.67. The van der Waals surface area contributed by atoms with Crippen LogP contribution in [-0.2, 0) is 0 Å². The van der Waals surface area contributed by atoms with E-state index >= 15 is 0 Å². The van der Waals surface area contributed by atoms with Crippen LogP contribution in [0.1, 0.15) is 0 Å². The van der Waals surface area contributed by atoms with Crippen molar-refractivity contribution < 1.29 is 5.11 Å². The highest BCUT2D eigenvalue weighted by molar-refractivity contribution is 6.51. The number of aromatic hydroxyl groups is 1. The molecule has 0 saturated carbocycles. The van der Waals surface area contributed by atoms with Crippen molar-refractivity contribution in [3.8, 4) is 16.9 Å². The fourth-order valence-electron chi connectivity index (χ4n) is 1.46. The van der Waals surface area contributed by atoms with Gasteiger partial charge in [0.2, 0.25) is 0 Å². The molecule has 2 aromatic rings. The predicted molar refractivity (Wildman–Crippen MR) is 73.6 cm³/mol. The van der Waals surface area contributed by atoms with Gasteiger partial charge in [0.05, 0.1) is 20.1 Å². The minimum absolute atomic E-state index is 0.168. The van der Waals surface area contributed by atoms with Crippen molar-refractivity contribution in [2.45, 2.75) is 0 Å². The zero-order valence-electron chi connectivity index (χ0n) is 8.35. The summed E-state index contributed by atoms with van der Waals surface area (Å²) in [6, 6.07) is 8.04. The van der Waals surface area contributed by atoms with E-state index in [1.165, 1.54) is 0 Å². The SMILES string of the molecule is Oc1ccc(-c2c(Cl)cc(Cl)c(Cl)c2Cl)cc1. The standard InChI is InChI=1S/C12H6Cl4O/c13-8-5-9(14)11(15)12(16)10(8)6-1-3-7(17)4-2-6/h1-5,17H. The molecule has 0 saturated heterocycles. The Kier molecular flexibility index (Phi) is 3.74. The quantitative estimate of drug-likeness (QED) is 0.531. The summed E-state index contributed by atoms with van der Waals surface area (Å²) in [6.07, 6.45) is 0. The average molecular weight is 308 g/mol. The summed E-state index contributed by atoms with van der Waals surface area (Å²) in [5.74, 6) is 0.168. The van der Waals surface area contributed by atoms with E-state index in [2.05, 4.69) is 0 Å². The number of phenolic OH excluding ortho intramolecular Hbond substituents is 1. The van der Waals surface area contributed by atoms with Crippen LogP contribution in [0.5, 0.6) is 5.75 Å². The highest BCUT2D eigenvalue weighted by Gasteiger charge is 2.15. The molecule has 0 radical (unpaired) electrons. The third-order valence-electron chi connectivity index (χ3n) is 2.27. The number of phenols is 1. The molecule has 0 aliphatic heterocycles. The third-order valence-corrected chi connectivity index (χ3v) is 3.83. The molecule has 0 aliphatic rings. The van der Waals surface area contributed by atoms with Crippen LogP contribution in [0, 0.1) is 0 Å². The molecule has 0 aliphatic carbocycles. The lowest BCUT2D eigenvalue weighted by Gasteiger charge is -2.10. The van der Waals surface area contributed by atoms with Gasteiger partial charge in [-0.25, -0.2) is 0 Å². The van der Waals surface area contributed by atoms with Gasteiger partial charge in [0.25, 0.3) is 0 Å². The van der Waals surface area contributed by atoms with E-state index in [0.717, 1.165) is 5.56 Å². The maximum atomic E-state index is 9.23. The molecule has 0 amide bonds. The molecule has 0 atom stereocenters. The maximum Gasteiger partial charge on any atom is 0.115 e. The number of hydrogen-bond donors (Lipinski definition) is 1. The van der Waals surface area contributed by atoms with Crippen LogP contribution in [0.4, 0.5) is 0 Å². The van der Waals surface area contributed by atoms with E-state index in [0.29, 0.717) is 20.6 Å². The summed E-state index contributed by atoms with van der Waals surface area (Å²) in [6.45, 7) is 0. The van der Waals surface area contributed by atoms with Crippen molar-refractivity contribution in [3.05, 3.63) is 50.4 Å². The van der Waals surface area contributed by atoms with Crippen molar-refractivity contribution >= 4 is 46.4 Å². The van der Waals surface area contributed by atoms with Crippen LogP contribution in [0.2, 0.25) is 20.1 Å². The second-order valence-electron chi connectivity index (χ2n) is 3.39. The number of benzene rings is 2. The zero-order chi connectivity index (χ0) is 12.6. The van der Waals surface area contributed by atoms with Crippen LogP contribution in [0.3, 0.4) is 0 Å². The van der Waals surface area contributed by atoms with Crippen LogP contribution < -0.4 is 0 Å². The molecule has 88 valence electrons. The summed E-state index contributed by atoms with van der Waals surface area (Å²) >= 11 is 24.0. The molecule has 0 spiro atoms. The third kappa shape index (κ3) is 2.48. The van der Waals surface area contributed by atoms with E-state index in [1.807, 2.05) is 0 Å². The first-order valence-electron chi connectivity index (χ1n) is 4.63. The van der Waals surface area contributed by atoms with E-state index in [1.54, 1.807) is 30.3 Å². The molecule has 0 bridgehead atoms. The van der Waals surface area contributed by atoms with E-state index in [-0.39, 0.29) is 10.8 Å². The van der Waals surface area contributed by atoms with Gasteiger partial charge in [0, 0.05) is 5.56 Å². The summed E-state index contributed by atoms with van der Waals surface area (Å²) < 4.78 is 0. The maximum absolute atomic E-state index is 9.23. The van der Waals surface area contributed by atoms with Crippen LogP contribution >= 0.6 is 46.4 Å². The van der Waals surface area contributed by atoms with Crippen molar-refractivity contribution in [3.63, 3.8) is 0 Å². The summed E-state index contributed by atoms with van der Waals surface area (Å²) in [5.41, 5.74) is 1.36. The number of rotatable bonds is 1. The fraction of sp³-hybridized carbons (Fsp3) is 0. The Bertz CT molecular complexity index is 564. The Balaban J connectivity index is 2.67. The topological polar surface area (TPSA) is 20.2 Å². The van der Waals surface area contributed by atoms with Crippen molar-refractivity contribution in [2.24, 2.45) is 0 Å². The first-order chi connectivity index (χ1) is 8.00. The zero-order valence-corrected chi connectivity index (χ0v) is 11.4. The Hall–Kier alpha value is -0.600. The lowest BCUT2D eigenvalue weighted by atomic mass is 10.1. The molecule has 0 heterocycles. The van der Waals surface area contributed by atoms with E-state index < -0.39 is 0 Å². The van der Waals surface area contributed by atoms with Crippen LogP contribution in [0.15, 0.2) is 30.3 Å². The lowest BCUT2D eigenvalue weighted by Crippen LogP contribution is -1.84. The molecular formula is C12H6Cl4O.